The minimum absolute atomic E-state index is 0. The van der Waals surface area contributed by atoms with Crippen molar-refractivity contribution in [3.05, 3.63) is 12.4 Å². The molecule has 0 saturated carbocycles. The van der Waals surface area contributed by atoms with Gasteiger partial charge in [0, 0.05) is 18.6 Å². The second-order valence-corrected chi connectivity index (χ2v) is 2.53. The number of carbonyl (C=O) groups excluding carboxylic acids is 1. The largest absolute Gasteiger partial charge is 0.469 e. The number of ether oxygens (including phenoxy) is 1. The lowest BCUT2D eigenvalue weighted by atomic mass is 10.1. The summed E-state index contributed by atoms with van der Waals surface area (Å²) in [5, 5.41) is 2.81. The van der Waals surface area contributed by atoms with Crippen LogP contribution in [0.15, 0.2) is 17.4 Å². The van der Waals surface area contributed by atoms with Gasteiger partial charge < -0.3 is 15.8 Å². The van der Waals surface area contributed by atoms with Crippen LogP contribution < -0.4 is 11.1 Å². The SMILES string of the molecule is COC(=O)CC1(N)C=NC=CN1.Cl. The summed E-state index contributed by atoms with van der Waals surface area (Å²) in [4.78, 5) is 14.7. The topological polar surface area (TPSA) is 76.7 Å². The first-order valence-electron chi connectivity index (χ1n) is 3.49. The van der Waals surface area contributed by atoms with Gasteiger partial charge in [0.2, 0.25) is 0 Å². The Hall–Kier alpha value is -1.07. The molecule has 6 heteroatoms. The Morgan fingerprint density at radius 1 is 1.77 bits per heavy atom. The van der Waals surface area contributed by atoms with Crippen LogP contribution >= 0.6 is 12.4 Å². The number of hydrogen-bond donors (Lipinski definition) is 2. The van der Waals surface area contributed by atoms with E-state index in [9.17, 15) is 4.79 Å². The molecule has 0 aromatic rings. The van der Waals surface area contributed by atoms with Crippen molar-refractivity contribution in [1.29, 1.82) is 0 Å². The molecule has 0 saturated heterocycles. The zero-order valence-electron chi connectivity index (χ0n) is 7.19. The summed E-state index contributed by atoms with van der Waals surface area (Å²) >= 11 is 0. The number of halogens is 1. The monoisotopic (exact) mass is 205 g/mol. The van der Waals surface area contributed by atoms with Crippen LogP contribution in [-0.4, -0.2) is 25.0 Å². The van der Waals surface area contributed by atoms with E-state index in [1.54, 1.807) is 12.4 Å². The molecule has 3 N–H and O–H groups in total. The van der Waals surface area contributed by atoms with Crippen molar-refractivity contribution in [3.63, 3.8) is 0 Å². The van der Waals surface area contributed by atoms with Gasteiger partial charge in [-0.1, -0.05) is 0 Å². The number of carbonyl (C=O) groups is 1. The van der Waals surface area contributed by atoms with Crippen LogP contribution in [-0.2, 0) is 9.53 Å². The fraction of sp³-hybridized carbons (Fsp3) is 0.429. The Labute approximate surface area is 82.4 Å². The van der Waals surface area contributed by atoms with Crippen LogP contribution in [0.1, 0.15) is 6.42 Å². The first-order chi connectivity index (χ1) is 5.66. The highest BCUT2D eigenvalue weighted by Crippen LogP contribution is 2.04. The molecule has 0 aromatic heterocycles. The summed E-state index contributed by atoms with van der Waals surface area (Å²) < 4.78 is 4.47. The number of aliphatic imine (C=N–C) groups is 1. The third kappa shape index (κ3) is 3.43. The molecule has 0 bridgehead atoms. The number of nitrogens with one attached hydrogen (secondary N) is 1. The maximum atomic E-state index is 10.9. The van der Waals surface area contributed by atoms with Gasteiger partial charge in [0.1, 0.15) is 5.66 Å². The molecule has 0 amide bonds. The van der Waals surface area contributed by atoms with Crippen molar-refractivity contribution in [2.24, 2.45) is 10.7 Å². The highest BCUT2D eigenvalue weighted by atomic mass is 35.5. The highest BCUT2D eigenvalue weighted by Gasteiger charge is 2.26. The minimum atomic E-state index is -0.901. The van der Waals surface area contributed by atoms with E-state index < -0.39 is 5.66 Å². The molecule has 1 aliphatic rings. The molecule has 0 radical (unpaired) electrons. The Balaban J connectivity index is 0.00000144. The third-order valence-corrected chi connectivity index (χ3v) is 1.48. The Morgan fingerprint density at radius 2 is 2.46 bits per heavy atom. The van der Waals surface area contributed by atoms with Crippen LogP contribution in [0.25, 0.3) is 0 Å². The van der Waals surface area contributed by atoms with Crippen LogP contribution in [0, 0.1) is 0 Å². The van der Waals surface area contributed by atoms with Crippen LogP contribution in [0.3, 0.4) is 0 Å². The summed E-state index contributed by atoms with van der Waals surface area (Å²) in [7, 11) is 1.32. The summed E-state index contributed by atoms with van der Waals surface area (Å²) in [6, 6.07) is 0. The first-order valence-corrected chi connectivity index (χ1v) is 3.49. The quantitative estimate of drug-likeness (QED) is 0.611. The first kappa shape index (κ1) is 11.9. The smallest absolute Gasteiger partial charge is 0.309 e. The van der Waals surface area contributed by atoms with E-state index in [1.165, 1.54) is 13.3 Å². The molecule has 5 nitrogen and oxygen atoms in total. The number of nitrogens with zero attached hydrogens (tertiary/aromatic N) is 1. The van der Waals surface area contributed by atoms with Gasteiger partial charge in [-0.25, -0.2) is 0 Å². The van der Waals surface area contributed by atoms with Gasteiger partial charge >= 0.3 is 5.97 Å². The normalized spacial score (nSPS) is 24.5. The zero-order valence-corrected chi connectivity index (χ0v) is 8.00. The fourth-order valence-corrected chi connectivity index (χ4v) is 0.856. The Morgan fingerprint density at radius 3 is 2.92 bits per heavy atom. The van der Waals surface area contributed by atoms with Crippen molar-refractivity contribution >= 4 is 24.6 Å². The third-order valence-electron chi connectivity index (χ3n) is 1.48. The molecule has 1 aliphatic heterocycles. The molecule has 0 spiro atoms. The maximum absolute atomic E-state index is 10.9. The molecular weight excluding hydrogens is 194 g/mol. The van der Waals surface area contributed by atoms with Crippen LogP contribution in [0.2, 0.25) is 0 Å². The average molecular weight is 206 g/mol. The van der Waals surface area contributed by atoms with Gasteiger partial charge in [-0.05, 0) is 0 Å². The van der Waals surface area contributed by atoms with Crippen molar-refractivity contribution in [2.45, 2.75) is 12.1 Å². The molecule has 1 atom stereocenters. The molecule has 1 unspecified atom stereocenters. The van der Waals surface area contributed by atoms with Crippen molar-refractivity contribution in [3.8, 4) is 0 Å². The van der Waals surface area contributed by atoms with Gasteiger partial charge in [0.05, 0.1) is 13.5 Å². The lowest BCUT2D eigenvalue weighted by molar-refractivity contribution is -0.141. The van der Waals surface area contributed by atoms with Crippen LogP contribution in [0.5, 0.6) is 0 Å². The van der Waals surface area contributed by atoms with Crippen molar-refractivity contribution in [1.82, 2.24) is 5.32 Å². The molecule has 0 aliphatic carbocycles. The molecule has 74 valence electrons. The highest BCUT2D eigenvalue weighted by molar-refractivity contribution is 5.85. The predicted octanol–water partition coefficient (Wildman–Crippen LogP) is -0.228. The molecule has 13 heavy (non-hydrogen) atoms. The average Bonchev–Trinajstić information content (AvgIpc) is 2.05. The van der Waals surface area contributed by atoms with Gasteiger partial charge in [0.15, 0.2) is 0 Å². The van der Waals surface area contributed by atoms with Crippen molar-refractivity contribution in [2.75, 3.05) is 7.11 Å². The van der Waals surface area contributed by atoms with E-state index >= 15 is 0 Å². The van der Waals surface area contributed by atoms with E-state index in [4.69, 9.17) is 5.73 Å². The lowest BCUT2D eigenvalue weighted by Gasteiger charge is -2.25. The number of hydrogen-bond acceptors (Lipinski definition) is 5. The van der Waals surface area contributed by atoms with Gasteiger partial charge in [-0.2, -0.15) is 0 Å². The zero-order chi connectivity index (χ0) is 9.03. The van der Waals surface area contributed by atoms with E-state index in [0.29, 0.717) is 0 Å². The number of methoxy groups -OCH3 is 1. The summed E-state index contributed by atoms with van der Waals surface area (Å²) in [6.45, 7) is 0. The predicted molar refractivity (Wildman–Crippen MR) is 51.6 cm³/mol. The van der Waals surface area contributed by atoms with Gasteiger partial charge in [-0.15, -0.1) is 12.4 Å². The maximum Gasteiger partial charge on any atom is 0.309 e. The second-order valence-electron chi connectivity index (χ2n) is 2.53. The van der Waals surface area contributed by atoms with E-state index in [-0.39, 0.29) is 24.8 Å². The summed E-state index contributed by atoms with van der Waals surface area (Å²) in [5.41, 5.74) is 4.82. The molecule has 1 rings (SSSR count). The lowest BCUT2D eigenvalue weighted by Crippen LogP contribution is -2.55. The summed E-state index contributed by atoms with van der Waals surface area (Å²) in [5.74, 6) is -0.369. The Bertz CT molecular complexity index is 242. The fourth-order valence-electron chi connectivity index (χ4n) is 0.856. The summed E-state index contributed by atoms with van der Waals surface area (Å²) in [6.07, 6.45) is 4.69. The molecule has 0 fully saturated rings. The number of esters is 1. The Kier molecular flexibility index (Phi) is 4.44. The minimum Gasteiger partial charge on any atom is -0.469 e. The molecule has 0 aromatic carbocycles. The van der Waals surface area contributed by atoms with Crippen LogP contribution in [0.4, 0.5) is 0 Å². The van der Waals surface area contributed by atoms with E-state index in [1.807, 2.05) is 0 Å². The van der Waals surface area contributed by atoms with Crippen molar-refractivity contribution < 1.29 is 9.53 Å². The number of rotatable bonds is 2. The second kappa shape index (κ2) is 4.84. The van der Waals surface area contributed by atoms with Gasteiger partial charge in [-0.3, -0.25) is 9.79 Å². The van der Waals surface area contributed by atoms with Gasteiger partial charge in [0.25, 0.3) is 0 Å². The molecule has 1 heterocycles. The number of nitrogens with two attached hydrogens (primary N) is 1. The standard InChI is InChI=1S/C7H11N3O2.ClH/c1-12-6(11)4-7(8)5-9-2-3-10-7;/h2-3,5,10H,4,8H2,1H3;1H. The van der Waals surface area contributed by atoms with E-state index in [0.717, 1.165) is 0 Å². The molecular formula is C7H12ClN3O2. The van der Waals surface area contributed by atoms with E-state index in [2.05, 4.69) is 15.0 Å².